The number of nitrogens with zero attached hydrogens (tertiary/aromatic N) is 1. The molecule has 0 fully saturated rings. The van der Waals surface area contributed by atoms with Gasteiger partial charge in [-0.05, 0) is 48.1 Å². The fourth-order valence-electron chi connectivity index (χ4n) is 1.28. The van der Waals surface area contributed by atoms with Crippen LogP contribution in [0.4, 0.5) is 0 Å². The number of benzene rings is 1. The maximum atomic E-state index is 10.9. The van der Waals surface area contributed by atoms with E-state index in [1.54, 1.807) is 12.1 Å². The van der Waals surface area contributed by atoms with E-state index in [1.165, 1.54) is 0 Å². The number of hydrogen-bond donors (Lipinski definition) is 1. The number of hydrogen-bond acceptors (Lipinski definition) is 2. The van der Waals surface area contributed by atoms with Crippen molar-refractivity contribution in [2.45, 2.75) is 6.42 Å². The van der Waals surface area contributed by atoms with Crippen LogP contribution in [0.5, 0.6) is 0 Å². The Morgan fingerprint density at radius 1 is 1.47 bits per heavy atom. The number of carboxylic acid groups (broad SMARTS) is 1. The van der Waals surface area contributed by atoms with E-state index in [2.05, 4.69) is 20.8 Å². The van der Waals surface area contributed by atoms with Crippen molar-refractivity contribution in [3.63, 3.8) is 0 Å². The van der Waals surface area contributed by atoms with E-state index in [0.717, 1.165) is 18.5 Å². The summed E-state index contributed by atoms with van der Waals surface area (Å²) in [6.45, 7) is 0.904. The molecule has 0 bridgehead atoms. The molecule has 0 radical (unpaired) electrons. The first-order valence-corrected chi connectivity index (χ1v) is 5.47. The maximum Gasteiger partial charge on any atom is 0.336 e. The van der Waals surface area contributed by atoms with Crippen LogP contribution in [-0.4, -0.2) is 36.6 Å². The number of halogens is 1. The number of likely N-dealkylation sites (N-methyl/N-ethyl adjacent to an activating group) is 1. The van der Waals surface area contributed by atoms with Gasteiger partial charge in [0.1, 0.15) is 0 Å². The van der Waals surface area contributed by atoms with Gasteiger partial charge >= 0.3 is 5.97 Å². The number of aromatic carboxylic acids is 1. The Hall–Kier alpha value is -0.870. The fourth-order valence-corrected chi connectivity index (χ4v) is 1.91. The molecule has 0 saturated carbocycles. The van der Waals surface area contributed by atoms with E-state index in [1.807, 2.05) is 20.2 Å². The van der Waals surface area contributed by atoms with E-state index < -0.39 is 5.97 Å². The van der Waals surface area contributed by atoms with E-state index >= 15 is 0 Å². The molecule has 0 aliphatic carbocycles. The van der Waals surface area contributed by atoms with E-state index in [9.17, 15) is 4.79 Å². The van der Waals surface area contributed by atoms with Gasteiger partial charge in [-0.15, -0.1) is 0 Å². The minimum absolute atomic E-state index is 0.325. The Kier molecular flexibility index (Phi) is 4.29. The van der Waals surface area contributed by atoms with E-state index in [-0.39, 0.29) is 0 Å². The molecule has 4 heteroatoms. The Morgan fingerprint density at radius 2 is 2.13 bits per heavy atom. The molecule has 1 rings (SSSR count). The molecule has 0 aliphatic heterocycles. The molecule has 1 aromatic carbocycles. The largest absolute Gasteiger partial charge is 0.478 e. The first kappa shape index (κ1) is 12.2. The lowest BCUT2D eigenvalue weighted by Gasteiger charge is -2.11. The third kappa shape index (κ3) is 3.32. The fraction of sp³-hybridized carbons (Fsp3) is 0.364. The van der Waals surface area contributed by atoms with Crippen molar-refractivity contribution in [2.24, 2.45) is 0 Å². The van der Waals surface area contributed by atoms with Crippen LogP contribution in [0.3, 0.4) is 0 Å². The van der Waals surface area contributed by atoms with Crippen molar-refractivity contribution in [1.29, 1.82) is 0 Å². The molecular formula is C11H14BrNO2. The molecule has 3 nitrogen and oxygen atoms in total. The highest BCUT2D eigenvalue weighted by Crippen LogP contribution is 2.22. The lowest BCUT2D eigenvalue weighted by Crippen LogP contribution is -2.15. The van der Waals surface area contributed by atoms with Crippen LogP contribution in [0.2, 0.25) is 0 Å². The summed E-state index contributed by atoms with van der Waals surface area (Å²) in [6.07, 6.45) is 0.842. The summed E-state index contributed by atoms with van der Waals surface area (Å²) in [5, 5.41) is 8.93. The zero-order valence-electron chi connectivity index (χ0n) is 8.83. The first-order chi connectivity index (χ1) is 7.02. The summed E-state index contributed by atoms with van der Waals surface area (Å²) in [7, 11) is 3.99. The van der Waals surface area contributed by atoms with Crippen LogP contribution >= 0.6 is 15.9 Å². The lowest BCUT2D eigenvalue weighted by atomic mass is 10.1. The summed E-state index contributed by atoms with van der Waals surface area (Å²) in [5.41, 5.74) is 1.36. The van der Waals surface area contributed by atoms with Gasteiger partial charge in [-0.1, -0.05) is 12.1 Å². The van der Waals surface area contributed by atoms with Crippen molar-refractivity contribution in [3.05, 3.63) is 33.8 Å². The number of rotatable bonds is 4. The summed E-state index contributed by atoms with van der Waals surface area (Å²) >= 11 is 3.33. The van der Waals surface area contributed by atoms with Crippen LogP contribution in [0.1, 0.15) is 15.9 Å². The average molecular weight is 272 g/mol. The Labute approximate surface area is 97.8 Å². The highest BCUT2D eigenvalue weighted by atomic mass is 79.9. The predicted octanol–water partition coefficient (Wildman–Crippen LogP) is 2.25. The maximum absolute atomic E-state index is 10.9. The second-order valence-corrected chi connectivity index (χ2v) is 4.43. The van der Waals surface area contributed by atoms with Gasteiger partial charge in [0.25, 0.3) is 0 Å². The monoisotopic (exact) mass is 271 g/mol. The van der Waals surface area contributed by atoms with Gasteiger partial charge in [0.2, 0.25) is 0 Å². The molecular weight excluding hydrogens is 258 g/mol. The SMILES string of the molecule is CN(C)CCc1cccc(C(=O)O)c1Br. The average Bonchev–Trinajstić information content (AvgIpc) is 2.15. The molecule has 0 heterocycles. The first-order valence-electron chi connectivity index (χ1n) is 4.67. The molecule has 0 spiro atoms. The van der Waals surface area contributed by atoms with E-state index in [4.69, 9.17) is 5.11 Å². The minimum Gasteiger partial charge on any atom is -0.478 e. The molecule has 0 unspecified atom stereocenters. The molecule has 82 valence electrons. The highest BCUT2D eigenvalue weighted by Gasteiger charge is 2.11. The predicted molar refractivity (Wildman–Crippen MR) is 63.4 cm³/mol. The summed E-state index contributed by atoms with van der Waals surface area (Å²) in [6, 6.07) is 5.32. The molecule has 1 N–H and O–H groups in total. The van der Waals surface area contributed by atoms with Gasteiger partial charge < -0.3 is 10.0 Å². The number of carboxylic acids is 1. The lowest BCUT2D eigenvalue weighted by molar-refractivity contribution is 0.0695. The van der Waals surface area contributed by atoms with Crippen molar-refractivity contribution < 1.29 is 9.90 Å². The summed E-state index contributed by atoms with van der Waals surface area (Å²) in [5.74, 6) is -0.895. The van der Waals surface area contributed by atoms with Crippen LogP contribution in [-0.2, 0) is 6.42 Å². The molecule has 0 atom stereocenters. The van der Waals surface area contributed by atoms with Crippen LogP contribution in [0.25, 0.3) is 0 Å². The van der Waals surface area contributed by atoms with Gasteiger partial charge in [0.15, 0.2) is 0 Å². The topological polar surface area (TPSA) is 40.5 Å². The van der Waals surface area contributed by atoms with Crippen LogP contribution < -0.4 is 0 Å². The second kappa shape index (κ2) is 5.28. The zero-order chi connectivity index (χ0) is 11.4. The van der Waals surface area contributed by atoms with E-state index in [0.29, 0.717) is 10.0 Å². The second-order valence-electron chi connectivity index (χ2n) is 3.64. The molecule has 0 saturated heterocycles. The van der Waals surface area contributed by atoms with Gasteiger partial charge in [-0.2, -0.15) is 0 Å². The summed E-state index contributed by atoms with van der Waals surface area (Å²) in [4.78, 5) is 12.9. The van der Waals surface area contributed by atoms with Gasteiger partial charge in [0, 0.05) is 11.0 Å². The third-order valence-electron chi connectivity index (χ3n) is 2.14. The van der Waals surface area contributed by atoms with Crippen LogP contribution in [0, 0.1) is 0 Å². The Morgan fingerprint density at radius 3 is 2.67 bits per heavy atom. The molecule has 0 amide bonds. The van der Waals surface area contributed by atoms with Crippen LogP contribution in [0.15, 0.2) is 22.7 Å². The third-order valence-corrected chi connectivity index (χ3v) is 3.07. The quantitative estimate of drug-likeness (QED) is 0.913. The normalized spacial score (nSPS) is 10.7. The van der Waals surface area contributed by atoms with Gasteiger partial charge in [-0.25, -0.2) is 4.79 Å². The number of carbonyl (C=O) groups is 1. The molecule has 0 aliphatic rings. The van der Waals surface area contributed by atoms with Gasteiger partial charge in [0.05, 0.1) is 5.56 Å². The molecule has 15 heavy (non-hydrogen) atoms. The highest BCUT2D eigenvalue weighted by molar-refractivity contribution is 9.10. The van der Waals surface area contributed by atoms with Crippen molar-refractivity contribution in [2.75, 3.05) is 20.6 Å². The summed E-state index contributed by atoms with van der Waals surface area (Å²) < 4.78 is 0.694. The Balaban J connectivity index is 2.89. The smallest absolute Gasteiger partial charge is 0.336 e. The van der Waals surface area contributed by atoms with Gasteiger partial charge in [-0.3, -0.25) is 0 Å². The van der Waals surface area contributed by atoms with Crippen molar-refractivity contribution in [1.82, 2.24) is 4.90 Å². The van der Waals surface area contributed by atoms with Crippen molar-refractivity contribution in [3.8, 4) is 0 Å². The zero-order valence-corrected chi connectivity index (χ0v) is 10.4. The van der Waals surface area contributed by atoms with Crippen molar-refractivity contribution >= 4 is 21.9 Å². The molecule has 0 aromatic heterocycles. The minimum atomic E-state index is -0.895. The standard InChI is InChI=1S/C11H14BrNO2/c1-13(2)7-6-8-4-3-5-9(10(8)12)11(14)15/h3-5H,6-7H2,1-2H3,(H,14,15). The Bertz CT molecular complexity index is 364. The molecule has 1 aromatic rings.